The first-order valence-corrected chi connectivity index (χ1v) is 6.85. The van der Waals surface area contributed by atoms with Crippen LogP contribution in [-0.2, 0) is 16.1 Å². The summed E-state index contributed by atoms with van der Waals surface area (Å²) in [5.41, 5.74) is 1.17. The molecule has 0 amide bonds. The Balaban J connectivity index is 1.57. The minimum Gasteiger partial charge on any atom is -0.394 e. The van der Waals surface area contributed by atoms with Gasteiger partial charge in [0.15, 0.2) is 0 Å². The number of ether oxygens (including phenoxy) is 2. The van der Waals surface area contributed by atoms with E-state index in [1.165, 1.54) is 5.56 Å². The third-order valence-corrected chi connectivity index (χ3v) is 3.39. The molecule has 1 aliphatic rings. The van der Waals surface area contributed by atoms with E-state index < -0.39 is 6.10 Å². The molecule has 0 aromatic heterocycles. The normalized spacial score (nSPS) is 26.7. The zero-order chi connectivity index (χ0) is 13.5. The fourth-order valence-corrected chi connectivity index (χ4v) is 2.34. The number of benzene rings is 1. The van der Waals surface area contributed by atoms with E-state index in [1.54, 1.807) is 0 Å². The van der Waals surface area contributed by atoms with E-state index >= 15 is 0 Å². The maximum atomic E-state index is 9.75. The lowest BCUT2D eigenvalue weighted by Gasteiger charge is -2.14. The lowest BCUT2D eigenvalue weighted by Crippen LogP contribution is -2.21. The second-order valence-electron chi connectivity index (χ2n) is 4.96. The topological polar surface area (TPSA) is 58.9 Å². The van der Waals surface area contributed by atoms with Gasteiger partial charge in [-0.1, -0.05) is 30.3 Å². The highest BCUT2D eigenvalue weighted by molar-refractivity contribution is 5.13. The SMILES string of the molecule is OC[C@H]1C[C@H](O)[C@H](CCCOCc2ccccc2)O1. The van der Waals surface area contributed by atoms with Gasteiger partial charge in [-0.3, -0.25) is 0 Å². The summed E-state index contributed by atoms with van der Waals surface area (Å²) in [7, 11) is 0. The number of rotatable bonds is 7. The maximum absolute atomic E-state index is 9.75. The van der Waals surface area contributed by atoms with Crippen LogP contribution >= 0.6 is 0 Å². The van der Waals surface area contributed by atoms with Crippen molar-refractivity contribution < 1.29 is 19.7 Å². The van der Waals surface area contributed by atoms with Crippen LogP contribution in [0.3, 0.4) is 0 Å². The minimum atomic E-state index is -0.453. The van der Waals surface area contributed by atoms with Crippen molar-refractivity contribution in [1.29, 1.82) is 0 Å². The summed E-state index contributed by atoms with van der Waals surface area (Å²) >= 11 is 0. The molecule has 1 saturated heterocycles. The maximum Gasteiger partial charge on any atom is 0.0840 e. The number of hydrogen-bond donors (Lipinski definition) is 2. The number of aliphatic hydroxyl groups is 2. The van der Waals surface area contributed by atoms with Crippen molar-refractivity contribution in [2.75, 3.05) is 13.2 Å². The van der Waals surface area contributed by atoms with Crippen LogP contribution in [0.1, 0.15) is 24.8 Å². The van der Waals surface area contributed by atoms with Gasteiger partial charge in [-0.25, -0.2) is 0 Å². The highest BCUT2D eigenvalue weighted by Crippen LogP contribution is 2.23. The number of aliphatic hydroxyl groups excluding tert-OH is 2. The van der Waals surface area contributed by atoms with Crippen molar-refractivity contribution in [2.45, 2.75) is 44.2 Å². The molecule has 1 aromatic rings. The molecule has 4 heteroatoms. The fourth-order valence-electron chi connectivity index (χ4n) is 2.34. The lowest BCUT2D eigenvalue weighted by atomic mass is 10.1. The molecule has 2 rings (SSSR count). The smallest absolute Gasteiger partial charge is 0.0840 e. The Morgan fingerprint density at radius 1 is 1.26 bits per heavy atom. The van der Waals surface area contributed by atoms with Gasteiger partial charge >= 0.3 is 0 Å². The second kappa shape index (κ2) is 7.60. The molecule has 0 spiro atoms. The summed E-state index contributed by atoms with van der Waals surface area (Å²) in [6.45, 7) is 1.26. The van der Waals surface area contributed by atoms with Crippen LogP contribution in [0.4, 0.5) is 0 Å². The van der Waals surface area contributed by atoms with Crippen LogP contribution < -0.4 is 0 Å². The summed E-state index contributed by atoms with van der Waals surface area (Å²) in [5, 5.41) is 18.7. The highest BCUT2D eigenvalue weighted by Gasteiger charge is 2.32. The average Bonchev–Trinajstić information content (AvgIpc) is 2.80. The molecule has 2 N–H and O–H groups in total. The third kappa shape index (κ3) is 4.58. The molecule has 1 aromatic carbocycles. The Labute approximate surface area is 114 Å². The van der Waals surface area contributed by atoms with E-state index in [0.717, 1.165) is 12.8 Å². The average molecular weight is 266 g/mol. The second-order valence-corrected chi connectivity index (χ2v) is 4.96. The molecule has 1 fully saturated rings. The molecule has 0 radical (unpaired) electrons. The van der Waals surface area contributed by atoms with Gasteiger partial charge in [0.05, 0.1) is 31.5 Å². The van der Waals surface area contributed by atoms with E-state index in [2.05, 4.69) is 0 Å². The van der Waals surface area contributed by atoms with Crippen LogP contribution in [-0.4, -0.2) is 41.7 Å². The summed E-state index contributed by atoms with van der Waals surface area (Å²) in [4.78, 5) is 0. The van der Waals surface area contributed by atoms with E-state index in [1.807, 2.05) is 30.3 Å². The predicted molar refractivity (Wildman–Crippen MR) is 71.7 cm³/mol. The third-order valence-electron chi connectivity index (χ3n) is 3.39. The minimum absolute atomic E-state index is 0.0158. The quantitative estimate of drug-likeness (QED) is 0.734. The molecule has 1 aliphatic heterocycles. The Morgan fingerprint density at radius 3 is 2.74 bits per heavy atom. The van der Waals surface area contributed by atoms with Gasteiger partial charge in [0, 0.05) is 13.0 Å². The zero-order valence-electron chi connectivity index (χ0n) is 11.1. The van der Waals surface area contributed by atoms with Gasteiger partial charge in [-0.15, -0.1) is 0 Å². The fraction of sp³-hybridized carbons (Fsp3) is 0.600. The van der Waals surface area contributed by atoms with Crippen molar-refractivity contribution in [2.24, 2.45) is 0 Å². The molecule has 0 saturated carbocycles. The first-order chi connectivity index (χ1) is 9.29. The van der Waals surface area contributed by atoms with Crippen molar-refractivity contribution in [3.8, 4) is 0 Å². The first kappa shape index (κ1) is 14.5. The summed E-state index contributed by atoms with van der Waals surface area (Å²) < 4.78 is 11.1. The van der Waals surface area contributed by atoms with Gasteiger partial charge in [0.25, 0.3) is 0 Å². The van der Waals surface area contributed by atoms with E-state index in [9.17, 15) is 5.11 Å². The van der Waals surface area contributed by atoms with E-state index in [-0.39, 0.29) is 18.8 Å². The molecular formula is C15H22O4. The van der Waals surface area contributed by atoms with Gasteiger partial charge in [-0.05, 0) is 18.4 Å². The predicted octanol–water partition coefficient (Wildman–Crippen LogP) is 1.49. The molecule has 19 heavy (non-hydrogen) atoms. The summed E-state index contributed by atoms with van der Waals surface area (Å²) in [6, 6.07) is 10.1. The molecule has 0 unspecified atom stereocenters. The molecule has 1 heterocycles. The summed E-state index contributed by atoms with van der Waals surface area (Å²) in [6.07, 6.45) is 1.35. The van der Waals surface area contributed by atoms with E-state index in [4.69, 9.17) is 14.6 Å². The lowest BCUT2D eigenvalue weighted by molar-refractivity contribution is -0.0181. The molecular weight excluding hydrogens is 244 g/mol. The van der Waals surface area contributed by atoms with Crippen molar-refractivity contribution >= 4 is 0 Å². The van der Waals surface area contributed by atoms with Gasteiger partial charge in [-0.2, -0.15) is 0 Å². The Hall–Kier alpha value is -0.940. The molecule has 3 atom stereocenters. The van der Waals surface area contributed by atoms with Gasteiger partial charge < -0.3 is 19.7 Å². The van der Waals surface area contributed by atoms with Crippen LogP contribution in [0, 0.1) is 0 Å². The standard InChI is InChI=1S/C15H22O4/c16-10-13-9-14(17)15(19-13)7-4-8-18-11-12-5-2-1-3-6-12/h1-3,5-6,13-17H,4,7-11H2/t13-,14+,15+/m1/s1. The zero-order valence-corrected chi connectivity index (χ0v) is 11.1. The van der Waals surface area contributed by atoms with Crippen molar-refractivity contribution in [3.63, 3.8) is 0 Å². The Bertz CT molecular complexity index is 354. The molecule has 106 valence electrons. The van der Waals surface area contributed by atoms with E-state index in [0.29, 0.717) is 19.6 Å². The molecule has 4 nitrogen and oxygen atoms in total. The molecule has 0 bridgehead atoms. The summed E-state index contributed by atoms with van der Waals surface area (Å²) in [5.74, 6) is 0. The molecule has 0 aliphatic carbocycles. The highest BCUT2D eigenvalue weighted by atomic mass is 16.5. The van der Waals surface area contributed by atoms with Crippen molar-refractivity contribution in [1.82, 2.24) is 0 Å². The van der Waals surface area contributed by atoms with Crippen LogP contribution in [0.25, 0.3) is 0 Å². The number of hydrogen-bond acceptors (Lipinski definition) is 4. The Morgan fingerprint density at radius 2 is 2.05 bits per heavy atom. The van der Waals surface area contributed by atoms with Crippen LogP contribution in [0.5, 0.6) is 0 Å². The first-order valence-electron chi connectivity index (χ1n) is 6.85. The Kier molecular flexibility index (Phi) is 5.79. The van der Waals surface area contributed by atoms with Gasteiger partial charge in [0.2, 0.25) is 0 Å². The van der Waals surface area contributed by atoms with Crippen LogP contribution in [0.15, 0.2) is 30.3 Å². The van der Waals surface area contributed by atoms with Gasteiger partial charge in [0.1, 0.15) is 0 Å². The largest absolute Gasteiger partial charge is 0.394 e. The van der Waals surface area contributed by atoms with Crippen LogP contribution in [0.2, 0.25) is 0 Å². The van der Waals surface area contributed by atoms with Crippen molar-refractivity contribution in [3.05, 3.63) is 35.9 Å². The monoisotopic (exact) mass is 266 g/mol.